The summed E-state index contributed by atoms with van der Waals surface area (Å²) in [5, 5.41) is 12.5. The van der Waals surface area contributed by atoms with E-state index in [9.17, 15) is 14.9 Å². The number of carbonyl (C=O) groups excluding carboxylic acids is 2. The average Bonchev–Trinajstić information content (AvgIpc) is 2.55. The van der Waals surface area contributed by atoms with Crippen molar-refractivity contribution in [3.8, 4) is 6.07 Å². The van der Waals surface area contributed by atoms with Gasteiger partial charge in [0.1, 0.15) is 5.54 Å². The second-order valence-electron chi connectivity index (χ2n) is 6.82. The van der Waals surface area contributed by atoms with Gasteiger partial charge in [-0.3, -0.25) is 9.59 Å². The smallest absolute Gasteiger partial charge is 0.279 e. The number of rotatable bonds is 4. The summed E-state index contributed by atoms with van der Waals surface area (Å²) in [5.41, 5.74) is 4.71. The topological polar surface area (TPSA) is 100 Å². The van der Waals surface area contributed by atoms with Gasteiger partial charge in [0.2, 0.25) is 5.91 Å². The second-order valence-corrected chi connectivity index (χ2v) is 6.82. The molecule has 1 saturated heterocycles. The standard InChI is InChI=1S/C16H26N4O2/c1-12(20-9-5-6-13(10-20)14(18)21)15(22)19-16(11-17)7-3-2-4-8-16/h12-13H,2-10H2,1H3,(H2,18,21)(H,19,22)/p+1/t12-,13-/m0/s1. The molecule has 0 aromatic carbocycles. The van der Waals surface area contributed by atoms with E-state index < -0.39 is 5.54 Å². The molecule has 3 atom stereocenters. The Morgan fingerprint density at radius 1 is 1.32 bits per heavy atom. The van der Waals surface area contributed by atoms with Crippen molar-refractivity contribution in [2.45, 2.75) is 63.5 Å². The molecule has 1 aliphatic heterocycles. The number of hydrogen-bond acceptors (Lipinski definition) is 3. The largest absolute Gasteiger partial charge is 0.369 e. The molecule has 0 aromatic heterocycles. The van der Waals surface area contributed by atoms with Crippen LogP contribution in [0.2, 0.25) is 0 Å². The molecule has 0 aromatic rings. The van der Waals surface area contributed by atoms with Crippen LogP contribution in [0.5, 0.6) is 0 Å². The van der Waals surface area contributed by atoms with Crippen molar-refractivity contribution in [1.29, 1.82) is 5.26 Å². The SMILES string of the molecule is C[C@@H](C(=O)NC1(C#N)CCCCC1)[NH+]1CCC[C@H](C(N)=O)C1. The Hall–Kier alpha value is -1.61. The monoisotopic (exact) mass is 307 g/mol. The first-order chi connectivity index (χ1) is 10.5. The Labute approximate surface area is 132 Å². The minimum atomic E-state index is -0.693. The lowest BCUT2D eigenvalue weighted by molar-refractivity contribution is -0.921. The number of nitrogens with zero attached hydrogens (tertiary/aromatic N) is 1. The number of quaternary nitrogens is 1. The van der Waals surface area contributed by atoms with E-state index in [-0.39, 0.29) is 23.8 Å². The molecule has 6 nitrogen and oxygen atoms in total. The van der Waals surface area contributed by atoms with Gasteiger partial charge in [-0.2, -0.15) is 5.26 Å². The molecule has 0 spiro atoms. The highest BCUT2D eigenvalue weighted by Crippen LogP contribution is 2.27. The lowest BCUT2D eigenvalue weighted by Gasteiger charge is -2.35. The van der Waals surface area contributed by atoms with Crippen LogP contribution in [0.15, 0.2) is 0 Å². The Morgan fingerprint density at radius 2 is 2.00 bits per heavy atom. The number of primary amides is 1. The van der Waals surface area contributed by atoms with Crippen LogP contribution in [0.1, 0.15) is 51.9 Å². The Morgan fingerprint density at radius 3 is 2.59 bits per heavy atom. The van der Waals surface area contributed by atoms with Gasteiger partial charge in [0, 0.05) is 0 Å². The molecule has 2 aliphatic rings. The molecule has 0 radical (unpaired) electrons. The maximum absolute atomic E-state index is 12.6. The van der Waals surface area contributed by atoms with E-state index in [2.05, 4.69) is 11.4 Å². The predicted molar refractivity (Wildman–Crippen MR) is 81.6 cm³/mol. The van der Waals surface area contributed by atoms with Crippen molar-refractivity contribution in [2.75, 3.05) is 13.1 Å². The molecule has 1 unspecified atom stereocenters. The van der Waals surface area contributed by atoms with Crippen LogP contribution in [0, 0.1) is 17.2 Å². The van der Waals surface area contributed by atoms with Crippen LogP contribution in [-0.4, -0.2) is 36.5 Å². The van der Waals surface area contributed by atoms with E-state index in [0.717, 1.165) is 56.4 Å². The Bertz CT molecular complexity index is 465. The fraction of sp³-hybridized carbons (Fsp3) is 0.812. The minimum Gasteiger partial charge on any atom is -0.369 e. The maximum atomic E-state index is 12.6. The number of piperidine rings is 1. The zero-order chi connectivity index (χ0) is 16.2. The van der Waals surface area contributed by atoms with Crippen molar-refractivity contribution in [2.24, 2.45) is 11.7 Å². The van der Waals surface area contributed by atoms with Crippen molar-refractivity contribution in [3.05, 3.63) is 0 Å². The highest BCUT2D eigenvalue weighted by molar-refractivity contribution is 5.81. The van der Waals surface area contributed by atoms with Crippen molar-refractivity contribution in [1.82, 2.24) is 5.32 Å². The highest BCUT2D eigenvalue weighted by Gasteiger charge is 2.38. The molecule has 0 bridgehead atoms. The zero-order valence-electron chi connectivity index (χ0n) is 13.4. The quantitative estimate of drug-likeness (QED) is 0.652. The third kappa shape index (κ3) is 3.77. The molecule has 1 heterocycles. The van der Waals surface area contributed by atoms with E-state index in [0.29, 0.717) is 6.54 Å². The number of nitrogens with one attached hydrogen (secondary N) is 2. The molecule has 2 fully saturated rings. The van der Waals surface area contributed by atoms with Gasteiger partial charge in [-0.05, 0) is 32.6 Å². The molecular weight excluding hydrogens is 280 g/mol. The molecule has 2 amide bonds. The lowest BCUT2D eigenvalue weighted by Crippen LogP contribution is -3.18. The van der Waals surface area contributed by atoms with Gasteiger partial charge in [0.25, 0.3) is 5.91 Å². The second kappa shape index (κ2) is 7.10. The van der Waals surface area contributed by atoms with Gasteiger partial charge in [0.05, 0.1) is 25.1 Å². The third-order valence-electron chi connectivity index (χ3n) is 5.25. The predicted octanol–water partition coefficient (Wildman–Crippen LogP) is -0.502. The number of carbonyl (C=O) groups is 2. The van der Waals surface area contributed by atoms with Gasteiger partial charge in [0.15, 0.2) is 6.04 Å². The minimum absolute atomic E-state index is 0.0800. The number of amides is 2. The summed E-state index contributed by atoms with van der Waals surface area (Å²) in [6, 6.07) is 2.06. The van der Waals surface area contributed by atoms with E-state index >= 15 is 0 Å². The van der Waals surface area contributed by atoms with Crippen LogP contribution >= 0.6 is 0 Å². The van der Waals surface area contributed by atoms with Crippen LogP contribution in [0.25, 0.3) is 0 Å². The van der Waals surface area contributed by atoms with Crippen LogP contribution in [0.3, 0.4) is 0 Å². The maximum Gasteiger partial charge on any atom is 0.279 e. The highest BCUT2D eigenvalue weighted by atomic mass is 16.2. The normalized spacial score (nSPS) is 29.1. The van der Waals surface area contributed by atoms with Crippen LogP contribution in [-0.2, 0) is 9.59 Å². The summed E-state index contributed by atoms with van der Waals surface area (Å²) >= 11 is 0. The van der Waals surface area contributed by atoms with Crippen molar-refractivity contribution in [3.63, 3.8) is 0 Å². The van der Waals surface area contributed by atoms with E-state index in [1.807, 2.05) is 6.92 Å². The van der Waals surface area contributed by atoms with Crippen molar-refractivity contribution >= 4 is 11.8 Å². The van der Waals surface area contributed by atoms with E-state index in [1.54, 1.807) is 0 Å². The van der Waals surface area contributed by atoms with Gasteiger partial charge in [-0.25, -0.2) is 0 Å². The summed E-state index contributed by atoms with van der Waals surface area (Å²) < 4.78 is 0. The molecule has 6 heteroatoms. The summed E-state index contributed by atoms with van der Waals surface area (Å²) in [6.45, 7) is 3.36. The van der Waals surface area contributed by atoms with Crippen LogP contribution < -0.4 is 16.0 Å². The fourth-order valence-electron chi connectivity index (χ4n) is 3.68. The summed E-state index contributed by atoms with van der Waals surface area (Å²) in [6.07, 6.45) is 6.30. The lowest BCUT2D eigenvalue weighted by atomic mass is 9.82. The van der Waals surface area contributed by atoms with Gasteiger partial charge >= 0.3 is 0 Å². The number of likely N-dealkylation sites (tertiary alicyclic amines) is 1. The molecule has 122 valence electrons. The zero-order valence-corrected chi connectivity index (χ0v) is 13.4. The first-order valence-corrected chi connectivity index (χ1v) is 8.34. The number of nitriles is 1. The number of nitrogens with two attached hydrogens (primary N) is 1. The number of hydrogen-bond donors (Lipinski definition) is 3. The van der Waals surface area contributed by atoms with E-state index in [1.165, 1.54) is 0 Å². The Balaban J connectivity index is 1.96. The van der Waals surface area contributed by atoms with Gasteiger partial charge < -0.3 is 16.0 Å². The summed E-state index contributed by atoms with van der Waals surface area (Å²) in [4.78, 5) is 25.0. The molecular formula is C16H27N4O2+. The fourth-order valence-corrected chi connectivity index (χ4v) is 3.68. The van der Waals surface area contributed by atoms with Crippen LogP contribution in [0.4, 0.5) is 0 Å². The average molecular weight is 307 g/mol. The third-order valence-corrected chi connectivity index (χ3v) is 5.25. The summed E-state index contributed by atoms with van der Waals surface area (Å²) in [5.74, 6) is -0.493. The first kappa shape index (κ1) is 16.8. The molecule has 22 heavy (non-hydrogen) atoms. The molecule has 1 aliphatic carbocycles. The molecule has 4 N–H and O–H groups in total. The molecule has 2 rings (SSSR count). The van der Waals surface area contributed by atoms with Crippen molar-refractivity contribution < 1.29 is 14.5 Å². The molecule has 1 saturated carbocycles. The summed E-state index contributed by atoms with van der Waals surface area (Å²) in [7, 11) is 0. The van der Waals surface area contributed by atoms with Gasteiger partial charge in [-0.1, -0.05) is 19.3 Å². The van der Waals surface area contributed by atoms with Gasteiger partial charge in [-0.15, -0.1) is 0 Å². The Kier molecular flexibility index (Phi) is 5.41. The first-order valence-electron chi connectivity index (χ1n) is 8.34. The van der Waals surface area contributed by atoms with E-state index in [4.69, 9.17) is 5.73 Å².